The van der Waals surface area contributed by atoms with Crippen molar-refractivity contribution in [2.75, 3.05) is 37.3 Å². The predicted octanol–water partition coefficient (Wildman–Crippen LogP) is 2.93. The monoisotopic (exact) mass is 406 g/mol. The fourth-order valence-electron chi connectivity index (χ4n) is 4.39. The first-order chi connectivity index (χ1) is 14.4. The van der Waals surface area contributed by atoms with Crippen LogP contribution in [0.2, 0.25) is 0 Å². The van der Waals surface area contributed by atoms with Gasteiger partial charge in [0.1, 0.15) is 17.2 Å². The number of nitrogen functional groups attached to an aromatic ring is 1. The van der Waals surface area contributed by atoms with E-state index in [4.69, 9.17) is 5.73 Å². The zero-order chi connectivity index (χ0) is 21.0. The van der Waals surface area contributed by atoms with E-state index in [0.717, 1.165) is 36.4 Å². The summed E-state index contributed by atoms with van der Waals surface area (Å²) < 4.78 is 14.4. The van der Waals surface area contributed by atoms with E-state index in [9.17, 15) is 9.18 Å². The third-order valence-electron chi connectivity index (χ3n) is 5.89. The van der Waals surface area contributed by atoms with Crippen LogP contribution in [0.4, 0.5) is 15.8 Å². The third-order valence-corrected chi connectivity index (χ3v) is 5.89. The molecule has 7 nitrogen and oxygen atoms in total. The number of nitrogens with two attached hydrogens (primary N) is 1. The topological polar surface area (TPSA) is 94.0 Å². The van der Waals surface area contributed by atoms with E-state index in [2.05, 4.69) is 38.7 Å². The van der Waals surface area contributed by atoms with Gasteiger partial charge >= 0.3 is 0 Å². The zero-order valence-electron chi connectivity index (χ0n) is 16.9. The van der Waals surface area contributed by atoms with E-state index >= 15 is 0 Å². The van der Waals surface area contributed by atoms with Crippen LogP contribution >= 0.6 is 0 Å². The largest absolute Gasteiger partial charge is 0.397 e. The van der Waals surface area contributed by atoms with Crippen molar-refractivity contribution in [2.24, 2.45) is 0 Å². The smallest absolute Gasteiger partial charge is 0.261 e. The molecule has 0 bridgehead atoms. The van der Waals surface area contributed by atoms with Crippen LogP contribution in [0.1, 0.15) is 6.92 Å². The molecule has 4 N–H and O–H groups in total. The molecule has 1 saturated heterocycles. The molecule has 1 aliphatic rings. The van der Waals surface area contributed by atoms with Gasteiger partial charge in [-0.25, -0.2) is 9.37 Å². The van der Waals surface area contributed by atoms with E-state index in [-0.39, 0.29) is 16.6 Å². The Morgan fingerprint density at radius 3 is 2.80 bits per heavy atom. The summed E-state index contributed by atoms with van der Waals surface area (Å²) in [7, 11) is 2.13. The van der Waals surface area contributed by atoms with Crippen molar-refractivity contribution in [3.05, 3.63) is 52.6 Å². The van der Waals surface area contributed by atoms with Crippen LogP contribution in [0.15, 0.2) is 41.2 Å². The van der Waals surface area contributed by atoms with Gasteiger partial charge in [0, 0.05) is 31.4 Å². The van der Waals surface area contributed by atoms with Gasteiger partial charge in [0.05, 0.1) is 27.6 Å². The van der Waals surface area contributed by atoms with Gasteiger partial charge in [0.15, 0.2) is 0 Å². The number of anilines is 2. The highest BCUT2D eigenvalue weighted by molar-refractivity contribution is 5.98. The first-order valence-electron chi connectivity index (χ1n) is 9.97. The SMILES string of the molecule is C[C@H]1CN(C)CCN1c1ccc2nc(-c3c(N)c4c(F)cccc4[nH]c3=O)[nH]c2c1. The summed E-state index contributed by atoms with van der Waals surface area (Å²) in [6, 6.07) is 10.9. The Balaban J connectivity index is 1.61. The summed E-state index contributed by atoms with van der Waals surface area (Å²) in [6.07, 6.45) is 0. The average molecular weight is 406 g/mol. The lowest BCUT2D eigenvalue weighted by Gasteiger charge is -2.39. The molecule has 1 fully saturated rings. The van der Waals surface area contributed by atoms with Crippen LogP contribution in [0.25, 0.3) is 33.3 Å². The summed E-state index contributed by atoms with van der Waals surface area (Å²) in [6.45, 7) is 5.16. The maximum atomic E-state index is 14.4. The average Bonchev–Trinajstić information content (AvgIpc) is 3.10. The zero-order valence-corrected chi connectivity index (χ0v) is 16.9. The lowest BCUT2D eigenvalue weighted by atomic mass is 10.1. The number of hydrogen-bond acceptors (Lipinski definition) is 5. The molecule has 2 aromatic carbocycles. The first-order valence-corrected chi connectivity index (χ1v) is 9.97. The summed E-state index contributed by atoms with van der Waals surface area (Å²) in [5.41, 5.74) is 9.05. The Kier molecular flexibility index (Phi) is 4.25. The third kappa shape index (κ3) is 2.91. The standard InChI is InChI=1S/C22H23FN6O/c1-12-11-28(2)8-9-29(12)13-6-7-15-17(10-13)26-21(25-15)19-20(24)18-14(23)4-3-5-16(18)27-22(19)30/h3-7,10,12H,8-9,11H2,1-2H3,(H,25,26)(H3,24,27,30)/t12-/m0/s1. The molecule has 5 rings (SSSR count). The number of benzene rings is 2. The van der Waals surface area contributed by atoms with E-state index in [0.29, 0.717) is 17.4 Å². The summed E-state index contributed by atoms with van der Waals surface area (Å²) in [5.74, 6) is -0.151. The normalized spacial score (nSPS) is 17.8. The Labute approximate surface area is 172 Å². The molecule has 0 unspecified atom stereocenters. The van der Waals surface area contributed by atoms with Crippen LogP contribution < -0.4 is 16.2 Å². The quantitative estimate of drug-likeness (QED) is 0.476. The van der Waals surface area contributed by atoms with Gasteiger partial charge in [-0.15, -0.1) is 0 Å². The molecule has 0 aliphatic carbocycles. The molecule has 0 amide bonds. The predicted molar refractivity (Wildman–Crippen MR) is 118 cm³/mol. The Hall–Kier alpha value is -3.39. The Morgan fingerprint density at radius 2 is 2.00 bits per heavy atom. The van der Waals surface area contributed by atoms with Crippen LogP contribution in [0.3, 0.4) is 0 Å². The molecule has 1 atom stereocenters. The molecular weight excluding hydrogens is 383 g/mol. The highest BCUT2D eigenvalue weighted by atomic mass is 19.1. The van der Waals surface area contributed by atoms with Crippen molar-refractivity contribution in [3.8, 4) is 11.4 Å². The fraction of sp³-hybridized carbons (Fsp3) is 0.273. The van der Waals surface area contributed by atoms with Crippen molar-refractivity contribution in [1.82, 2.24) is 19.9 Å². The molecule has 1 aliphatic heterocycles. The maximum Gasteiger partial charge on any atom is 0.261 e. The van der Waals surface area contributed by atoms with Crippen LogP contribution in [-0.4, -0.2) is 52.6 Å². The lowest BCUT2D eigenvalue weighted by Crippen LogP contribution is -2.50. The van der Waals surface area contributed by atoms with Gasteiger partial charge in [0.2, 0.25) is 0 Å². The van der Waals surface area contributed by atoms with Crippen LogP contribution in [0.5, 0.6) is 0 Å². The number of rotatable bonds is 2. The number of piperazine rings is 1. The van der Waals surface area contributed by atoms with Crippen molar-refractivity contribution in [2.45, 2.75) is 13.0 Å². The van der Waals surface area contributed by atoms with Gasteiger partial charge in [-0.3, -0.25) is 4.79 Å². The molecule has 4 aromatic rings. The van der Waals surface area contributed by atoms with Gasteiger partial charge in [-0.2, -0.15) is 0 Å². The Morgan fingerprint density at radius 1 is 1.17 bits per heavy atom. The molecule has 30 heavy (non-hydrogen) atoms. The Bertz CT molecular complexity index is 1330. The maximum absolute atomic E-state index is 14.4. The minimum Gasteiger partial charge on any atom is -0.397 e. The second-order valence-electron chi connectivity index (χ2n) is 8.00. The van der Waals surface area contributed by atoms with E-state index in [1.807, 2.05) is 18.2 Å². The number of aromatic amines is 2. The minimum absolute atomic E-state index is 0.0822. The number of halogens is 1. The number of imidazole rings is 1. The van der Waals surface area contributed by atoms with Gasteiger partial charge < -0.3 is 25.5 Å². The second-order valence-corrected chi connectivity index (χ2v) is 8.00. The van der Waals surface area contributed by atoms with Crippen LogP contribution in [-0.2, 0) is 0 Å². The molecule has 8 heteroatoms. The number of fused-ring (bicyclic) bond motifs is 2. The van der Waals surface area contributed by atoms with Gasteiger partial charge in [-0.05, 0) is 44.3 Å². The molecule has 154 valence electrons. The summed E-state index contributed by atoms with van der Waals surface area (Å²) in [5, 5.41) is 0.194. The molecule has 0 spiro atoms. The van der Waals surface area contributed by atoms with E-state index < -0.39 is 11.4 Å². The van der Waals surface area contributed by atoms with Crippen molar-refractivity contribution < 1.29 is 4.39 Å². The highest BCUT2D eigenvalue weighted by Gasteiger charge is 2.23. The second kappa shape index (κ2) is 6.84. The summed E-state index contributed by atoms with van der Waals surface area (Å²) >= 11 is 0. The van der Waals surface area contributed by atoms with Crippen molar-refractivity contribution in [3.63, 3.8) is 0 Å². The number of H-pyrrole nitrogens is 2. The van der Waals surface area contributed by atoms with Gasteiger partial charge in [-0.1, -0.05) is 6.07 Å². The minimum atomic E-state index is -0.482. The summed E-state index contributed by atoms with van der Waals surface area (Å²) in [4.78, 5) is 27.9. The number of aromatic nitrogens is 3. The molecular formula is C22H23FN6O. The van der Waals surface area contributed by atoms with Gasteiger partial charge in [0.25, 0.3) is 5.56 Å². The molecule has 0 radical (unpaired) electrons. The van der Waals surface area contributed by atoms with Crippen molar-refractivity contribution >= 4 is 33.3 Å². The first kappa shape index (κ1) is 18.6. The molecule has 2 aromatic heterocycles. The van der Waals surface area contributed by atoms with E-state index in [1.54, 1.807) is 6.07 Å². The number of nitrogens with zero attached hydrogens (tertiary/aromatic N) is 3. The number of hydrogen-bond donors (Lipinski definition) is 3. The van der Waals surface area contributed by atoms with E-state index in [1.165, 1.54) is 12.1 Å². The highest BCUT2D eigenvalue weighted by Crippen LogP contribution is 2.31. The number of nitrogens with one attached hydrogen (secondary N) is 2. The number of pyridine rings is 1. The fourth-order valence-corrected chi connectivity index (χ4v) is 4.39. The lowest BCUT2D eigenvalue weighted by molar-refractivity contribution is 0.275. The number of likely N-dealkylation sites (N-methyl/N-ethyl adjacent to an activating group) is 1. The van der Waals surface area contributed by atoms with Crippen LogP contribution in [0, 0.1) is 5.82 Å². The van der Waals surface area contributed by atoms with Crippen molar-refractivity contribution in [1.29, 1.82) is 0 Å². The molecule has 3 heterocycles. The molecule has 0 saturated carbocycles.